The number of carbonyl (C=O) groups is 1. The van der Waals surface area contributed by atoms with Gasteiger partial charge in [0.15, 0.2) is 5.16 Å². The van der Waals surface area contributed by atoms with Gasteiger partial charge in [-0.15, -0.1) is 11.3 Å². The zero-order chi connectivity index (χ0) is 22.8. The monoisotopic (exact) mass is 471 g/mol. The van der Waals surface area contributed by atoms with Crippen molar-refractivity contribution in [2.75, 3.05) is 11.9 Å². The maximum Gasteiger partial charge on any atom is 0.263 e. The smallest absolute Gasteiger partial charge is 0.263 e. The Morgan fingerprint density at radius 1 is 1.38 bits per heavy atom. The molecule has 8 heteroatoms. The van der Waals surface area contributed by atoms with Crippen LogP contribution in [0.2, 0.25) is 0 Å². The Bertz CT molecular complexity index is 1200. The SMILES string of the molecule is CCOc1ccccc1NC(=O)C(C)Sc1nc2sc3c(c2c(=O)n1CC)CCC(C)C3. The van der Waals surface area contributed by atoms with E-state index in [-0.39, 0.29) is 11.5 Å². The Balaban J connectivity index is 1.61. The summed E-state index contributed by atoms with van der Waals surface area (Å²) in [6, 6.07) is 7.39. The van der Waals surface area contributed by atoms with Gasteiger partial charge in [0, 0.05) is 11.4 Å². The fraction of sp³-hybridized carbons (Fsp3) is 0.458. The number of aryl methyl sites for hydroxylation is 1. The zero-order valence-electron chi connectivity index (χ0n) is 18.9. The molecular weight excluding hydrogens is 442 g/mol. The second kappa shape index (κ2) is 9.67. The van der Waals surface area contributed by atoms with Crippen LogP contribution in [0, 0.1) is 5.92 Å². The van der Waals surface area contributed by atoms with Crippen molar-refractivity contribution in [2.24, 2.45) is 5.92 Å². The minimum Gasteiger partial charge on any atom is -0.492 e. The van der Waals surface area contributed by atoms with E-state index < -0.39 is 5.25 Å². The molecule has 2 heterocycles. The summed E-state index contributed by atoms with van der Waals surface area (Å²) in [7, 11) is 0. The first-order chi connectivity index (χ1) is 15.4. The van der Waals surface area contributed by atoms with Crippen LogP contribution in [0.25, 0.3) is 10.2 Å². The van der Waals surface area contributed by atoms with Crippen LogP contribution < -0.4 is 15.6 Å². The second-order valence-electron chi connectivity index (χ2n) is 8.15. The lowest BCUT2D eigenvalue weighted by molar-refractivity contribution is -0.115. The highest BCUT2D eigenvalue weighted by Crippen LogP contribution is 2.37. The van der Waals surface area contributed by atoms with Crippen molar-refractivity contribution < 1.29 is 9.53 Å². The third kappa shape index (κ3) is 4.43. The number of para-hydroxylation sites is 2. The number of hydrogen-bond donors (Lipinski definition) is 1. The number of benzene rings is 1. The van der Waals surface area contributed by atoms with Crippen LogP contribution >= 0.6 is 23.1 Å². The molecule has 0 radical (unpaired) electrons. The van der Waals surface area contributed by atoms with Gasteiger partial charge in [0.1, 0.15) is 10.6 Å². The Morgan fingerprint density at radius 3 is 2.91 bits per heavy atom. The van der Waals surface area contributed by atoms with Crippen LogP contribution in [0.15, 0.2) is 34.2 Å². The predicted octanol–water partition coefficient (Wildman–Crippen LogP) is 5.12. The van der Waals surface area contributed by atoms with E-state index in [2.05, 4.69) is 12.2 Å². The number of fused-ring (bicyclic) bond motifs is 3. The molecule has 0 fully saturated rings. The lowest BCUT2D eigenvalue weighted by Gasteiger charge is -2.18. The summed E-state index contributed by atoms with van der Waals surface area (Å²) in [5.41, 5.74) is 1.85. The second-order valence-corrected chi connectivity index (χ2v) is 10.5. The Kier molecular flexibility index (Phi) is 6.90. The highest BCUT2D eigenvalue weighted by Gasteiger charge is 2.26. The van der Waals surface area contributed by atoms with Crippen LogP contribution in [0.4, 0.5) is 5.69 Å². The molecule has 32 heavy (non-hydrogen) atoms. The van der Waals surface area contributed by atoms with Gasteiger partial charge in [0.2, 0.25) is 5.91 Å². The van der Waals surface area contributed by atoms with Crippen molar-refractivity contribution in [1.82, 2.24) is 9.55 Å². The van der Waals surface area contributed by atoms with Crippen molar-refractivity contribution in [3.8, 4) is 5.75 Å². The fourth-order valence-corrected chi connectivity index (χ4v) is 6.47. The van der Waals surface area contributed by atoms with E-state index in [0.29, 0.717) is 35.7 Å². The van der Waals surface area contributed by atoms with Crippen LogP contribution in [0.1, 0.15) is 44.6 Å². The molecule has 2 unspecified atom stereocenters. The molecule has 0 bridgehead atoms. The summed E-state index contributed by atoms with van der Waals surface area (Å²) < 4.78 is 7.31. The van der Waals surface area contributed by atoms with E-state index in [9.17, 15) is 9.59 Å². The Morgan fingerprint density at radius 2 is 2.16 bits per heavy atom. The number of nitrogens with one attached hydrogen (secondary N) is 1. The standard InChI is InChI=1S/C24H29N3O3S2/c1-5-27-23(29)20-16-12-11-14(3)13-19(16)32-22(20)26-24(27)31-15(4)21(28)25-17-9-7-8-10-18(17)30-6-2/h7-10,14-15H,5-6,11-13H2,1-4H3,(H,25,28). The molecule has 6 nitrogen and oxygen atoms in total. The molecule has 1 aromatic carbocycles. The molecule has 1 amide bonds. The maximum absolute atomic E-state index is 13.4. The molecule has 0 saturated carbocycles. The summed E-state index contributed by atoms with van der Waals surface area (Å²) in [5, 5.41) is 3.90. The van der Waals surface area contributed by atoms with E-state index in [1.165, 1.54) is 22.2 Å². The number of carbonyl (C=O) groups excluding carboxylic acids is 1. The molecule has 2 atom stereocenters. The van der Waals surface area contributed by atoms with E-state index in [4.69, 9.17) is 9.72 Å². The summed E-state index contributed by atoms with van der Waals surface area (Å²) in [6.07, 6.45) is 3.07. The number of rotatable bonds is 7. The number of thioether (sulfide) groups is 1. The fourth-order valence-electron chi connectivity index (χ4n) is 4.07. The quantitative estimate of drug-likeness (QED) is 0.382. The normalized spacial score (nSPS) is 16.6. The van der Waals surface area contributed by atoms with Crippen molar-refractivity contribution in [3.63, 3.8) is 0 Å². The van der Waals surface area contributed by atoms with Gasteiger partial charge >= 0.3 is 0 Å². The van der Waals surface area contributed by atoms with Crippen LogP contribution in [-0.2, 0) is 24.2 Å². The van der Waals surface area contributed by atoms with Gasteiger partial charge in [-0.05, 0) is 63.6 Å². The third-order valence-electron chi connectivity index (χ3n) is 5.79. The number of hydrogen-bond acceptors (Lipinski definition) is 6. The average molecular weight is 472 g/mol. The van der Waals surface area contributed by atoms with Crippen LogP contribution in [0.3, 0.4) is 0 Å². The molecule has 0 saturated heterocycles. The summed E-state index contributed by atoms with van der Waals surface area (Å²) in [4.78, 5) is 33.2. The zero-order valence-corrected chi connectivity index (χ0v) is 20.6. The van der Waals surface area contributed by atoms with Crippen LogP contribution in [-0.4, -0.2) is 27.3 Å². The van der Waals surface area contributed by atoms with Gasteiger partial charge in [0.05, 0.1) is 22.9 Å². The molecule has 1 aliphatic rings. The van der Waals surface area contributed by atoms with E-state index in [0.717, 1.165) is 29.5 Å². The highest BCUT2D eigenvalue weighted by atomic mass is 32.2. The van der Waals surface area contributed by atoms with Gasteiger partial charge in [-0.2, -0.15) is 0 Å². The Hall–Kier alpha value is -2.32. The van der Waals surface area contributed by atoms with Gasteiger partial charge < -0.3 is 10.1 Å². The minimum absolute atomic E-state index is 0.0151. The first-order valence-corrected chi connectivity index (χ1v) is 12.9. The van der Waals surface area contributed by atoms with Crippen molar-refractivity contribution in [1.29, 1.82) is 0 Å². The van der Waals surface area contributed by atoms with E-state index in [1.54, 1.807) is 15.9 Å². The molecule has 2 aromatic heterocycles. The van der Waals surface area contributed by atoms with Gasteiger partial charge in [-0.25, -0.2) is 4.98 Å². The Labute approximate surface area is 196 Å². The molecule has 3 aromatic rings. The number of aromatic nitrogens is 2. The molecule has 0 aliphatic heterocycles. The lowest BCUT2D eigenvalue weighted by atomic mass is 9.89. The first kappa shape index (κ1) is 22.9. The molecule has 0 spiro atoms. The van der Waals surface area contributed by atoms with Gasteiger partial charge in [0.25, 0.3) is 5.56 Å². The third-order valence-corrected chi connectivity index (χ3v) is 8.03. The molecule has 4 rings (SSSR count). The van der Waals surface area contributed by atoms with Gasteiger partial charge in [-0.1, -0.05) is 30.8 Å². The molecule has 1 aliphatic carbocycles. The first-order valence-electron chi connectivity index (χ1n) is 11.2. The summed E-state index contributed by atoms with van der Waals surface area (Å²) in [5.74, 6) is 1.13. The van der Waals surface area contributed by atoms with Crippen molar-refractivity contribution in [3.05, 3.63) is 45.1 Å². The molecule has 170 valence electrons. The van der Waals surface area contributed by atoms with Crippen molar-refractivity contribution >= 4 is 44.9 Å². The predicted molar refractivity (Wildman–Crippen MR) is 132 cm³/mol. The number of anilines is 1. The number of thiophene rings is 1. The minimum atomic E-state index is -0.429. The summed E-state index contributed by atoms with van der Waals surface area (Å²) >= 11 is 2.96. The lowest BCUT2D eigenvalue weighted by Crippen LogP contribution is -2.27. The largest absolute Gasteiger partial charge is 0.492 e. The van der Waals surface area contributed by atoms with Crippen molar-refractivity contribution in [2.45, 2.75) is 63.9 Å². The molecular formula is C24H29N3O3S2. The number of amides is 1. The van der Waals surface area contributed by atoms with Gasteiger partial charge in [-0.3, -0.25) is 14.2 Å². The van der Waals surface area contributed by atoms with Crippen LogP contribution in [0.5, 0.6) is 5.75 Å². The summed E-state index contributed by atoms with van der Waals surface area (Å²) in [6.45, 7) is 8.99. The topological polar surface area (TPSA) is 73.2 Å². The average Bonchev–Trinajstić information content (AvgIpc) is 3.12. The number of nitrogens with zero attached hydrogens (tertiary/aromatic N) is 2. The highest BCUT2D eigenvalue weighted by molar-refractivity contribution is 8.00. The number of ether oxygens (including phenoxy) is 1. The van der Waals surface area contributed by atoms with E-state index in [1.807, 2.05) is 45.0 Å². The molecule has 1 N–H and O–H groups in total. The maximum atomic E-state index is 13.4. The van der Waals surface area contributed by atoms with E-state index >= 15 is 0 Å².